The predicted molar refractivity (Wildman–Crippen MR) is 297 cm³/mol. The second kappa shape index (κ2) is 17.1. The molecule has 0 radical (unpaired) electrons. The molecule has 0 saturated heterocycles. The second-order valence-corrected chi connectivity index (χ2v) is 19.4. The first kappa shape index (κ1) is 41.3. The van der Waals surface area contributed by atoms with Crippen LogP contribution in [0, 0.1) is 5.92 Å². The van der Waals surface area contributed by atoms with Crippen molar-refractivity contribution in [3.8, 4) is 39.1 Å². The highest BCUT2D eigenvalue weighted by Gasteiger charge is 2.29. The molecule has 12 aromatic rings. The molecule has 1 fully saturated rings. The number of nitrogens with zero attached hydrogens (tertiary/aromatic N) is 2. The molecule has 0 spiro atoms. The van der Waals surface area contributed by atoms with Crippen LogP contribution in [0.15, 0.2) is 241 Å². The summed E-state index contributed by atoms with van der Waals surface area (Å²) in [5, 5.41) is 7.61. The average molecular weight is 911 g/mol. The van der Waals surface area contributed by atoms with Crippen LogP contribution in [-0.4, -0.2) is 4.57 Å². The van der Waals surface area contributed by atoms with Crippen LogP contribution in [-0.2, 0) is 0 Å². The summed E-state index contributed by atoms with van der Waals surface area (Å²) in [6.07, 6.45) is 6.08. The van der Waals surface area contributed by atoms with Gasteiger partial charge in [-0.1, -0.05) is 200 Å². The molecule has 0 amide bonds. The van der Waals surface area contributed by atoms with Gasteiger partial charge in [0.25, 0.3) is 0 Å². The third-order valence-electron chi connectivity index (χ3n) is 15.5. The van der Waals surface area contributed by atoms with Gasteiger partial charge in [-0.05, 0) is 113 Å². The first-order valence-electron chi connectivity index (χ1n) is 25.2. The van der Waals surface area contributed by atoms with Gasteiger partial charge in [-0.25, -0.2) is 0 Å². The van der Waals surface area contributed by atoms with E-state index in [0.717, 1.165) is 50.9 Å². The molecular weight excluding hydrogens is 861 g/mol. The summed E-state index contributed by atoms with van der Waals surface area (Å²) >= 11 is 0. The third kappa shape index (κ3) is 6.87. The van der Waals surface area contributed by atoms with Gasteiger partial charge in [-0.2, -0.15) is 0 Å². The van der Waals surface area contributed by atoms with E-state index in [1.54, 1.807) is 5.57 Å². The summed E-state index contributed by atoms with van der Waals surface area (Å²) in [4.78, 5) is 2.50. The Morgan fingerprint density at radius 1 is 0.408 bits per heavy atom. The van der Waals surface area contributed by atoms with E-state index in [9.17, 15) is 0 Å². The van der Waals surface area contributed by atoms with E-state index in [-0.39, 0.29) is 0 Å². The maximum absolute atomic E-state index is 6.73. The van der Waals surface area contributed by atoms with Crippen molar-refractivity contribution < 1.29 is 4.42 Å². The fourth-order valence-corrected chi connectivity index (χ4v) is 12.2. The summed E-state index contributed by atoms with van der Waals surface area (Å²) in [6.45, 7) is 0. The Morgan fingerprint density at radius 2 is 0.958 bits per heavy atom. The average Bonchev–Trinajstić information content (AvgIpc) is 4.00. The van der Waals surface area contributed by atoms with E-state index in [1.807, 2.05) is 0 Å². The van der Waals surface area contributed by atoms with Crippen molar-refractivity contribution in [2.75, 3.05) is 4.90 Å². The zero-order chi connectivity index (χ0) is 46.8. The smallest absolute Gasteiger partial charge is 0.143 e. The molecule has 14 rings (SSSR count). The molecular formula is C68H50N2O. The Morgan fingerprint density at radius 3 is 1.72 bits per heavy atom. The number of hydrogen-bond acceptors (Lipinski definition) is 2. The number of rotatable bonds is 8. The molecule has 1 saturated carbocycles. The monoisotopic (exact) mass is 910 g/mol. The van der Waals surface area contributed by atoms with Gasteiger partial charge >= 0.3 is 0 Å². The van der Waals surface area contributed by atoms with Crippen molar-refractivity contribution >= 4 is 72.0 Å². The minimum absolute atomic E-state index is 0.570. The summed E-state index contributed by atoms with van der Waals surface area (Å²) < 4.78 is 9.15. The third-order valence-corrected chi connectivity index (χ3v) is 15.5. The number of aromatic nitrogens is 1. The molecule has 2 aliphatic carbocycles. The largest absolute Gasteiger partial charge is 0.455 e. The Hall–Kier alpha value is -8.66. The number of furan rings is 1. The lowest BCUT2D eigenvalue weighted by Gasteiger charge is -2.33. The molecule has 338 valence electrons. The normalized spacial score (nSPS) is 14.6. The van der Waals surface area contributed by atoms with Crippen molar-refractivity contribution in [3.63, 3.8) is 0 Å². The maximum atomic E-state index is 6.73. The van der Waals surface area contributed by atoms with Crippen LogP contribution >= 0.6 is 0 Å². The molecule has 3 heteroatoms. The quantitative estimate of drug-likeness (QED) is 0.151. The zero-order valence-corrected chi connectivity index (χ0v) is 39.4. The molecule has 2 aromatic heterocycles. The minimum Gasteiger partial charge on any atom is -0.455 e. The number of benzene rings is 10. The van der Waals surface area contributed by atoms with Crippen LogP contribution in [0.5, 0.6) is 0 Å². The highest BCUT2D eigenvalue weighted by atomic mass is 16.3. The fraction of sp³-hybridized carbons (Fsp3) is 0.0882. The Labute approximate surface area is 413 Å². The van der Waals surface area contributed by atoms with Crippen LogP contribution in [0.25, 0.3) is 94.0 Å². The summed E-state index contributed by atoms with van der Waals surface area (Å²) in [6, 6.07) is 86.7. The molecule has 0 N–H and O–H groups in total. The fourth-order valence-electron chi connectivity index (χ4n) is 12.2. The number of hydrogen-bond donors (Lipinski definition) is 0. The van der Waals surface area contributed by atoms with Crippen LogP contribution in [0.2, 0.25) is 0 Å². The van der Waals surface area contributed by atoms with Crippen molar-refractivity contribution in [1.82, 2.24) is 4.57 Å². The Balaban J connectivity index is 0.900. The maximum Gasteiger partial charge on any atom is 0.143 e. The van der Waals surface area contributed by atoms with Crippen LogP contribution in [0.1, 0.15) is 37.7 Å². The minimum atomic E-state index is 0.570. The molecule has 3 nitrogen and oxygen atoms in total. The van der Waals surface area contributed by atoms with Crippen molar-refractivity contribution in [3.05, 3.63) is 253 Å². The molecule has 10 aromatic carbocycles. The van der Waals surface area contributed by atoms with Gasteiger partial charge in [0, 0.05) is 49.5 Å². The van der Waals surface area contributed by atoms with Gasteiger partial charge in [0.2, 0.25) is 0 Å². The van der Waals surface area contributed by atoms with E-state index in [1.165, 1.54) is 103 Å². The number of anilines is 3. The van der Waals surface area contributed by atoms with Crippen LogP contribution in [0.3, 0.4) is 0 Å². The SMILES string of the molecule is c1ccc(N(c2ccc(-c3ccc(-c4ccccc4-n4c5ccccc5c5ccccc54)cc3)cc2)c2ccccc2-c2cccc3c2oc2ccccc23)c(C2=c3ccccc3=C3CCCCC3C2)c1. The van der Waals surface area contributed by atoms with Gasteiger partial charge in [0.15, 0.2) is 0 Å². The first-order chi connectivity index (χ1) is 35.2. The number of para-hydroxylation sites is 7. The molecule has 0 bridgehead atoms. The van der Waals surface area contributed by atoms with Gasteiger partial charge in [-0.15, -0.1) is 0 Å². The Kier molecular flexibility index (Phi) is 9.94. The van der Waals surface area contributed by atoms with E-state index < -0.39 is 0 Å². The van der Waals surface area contributed by atoms with Crippen molar-refractivity contribution in [1.29, 1.82) is 0 Å². The topological polar surface area (TPSA) is 21.3 Å². The predicted octanol–water partition coefficient (Wildman–Crippen LogP) is 17.1. The van der Waals surface area contributed by atoms with Crippen LogP contribution < -0.4 is 15.3 Å². The lowest BCUT2D eigenvalue weighted by Crippen LogP contribution is -2.37. The summed E-state index contributed by atoms with van der Waals surface area (Å²) in [5.41, 5.74) is 20.0. The Bertz CT molecular complexity index is 4100. The van der Waals surface area contributed by atoms with E-state index in [0.29, 0.717) is 5.92 Å². The number of fused-ring (bicyclic) bond motifs is 8. The lowest BCUT2D eigenvalue weighted by atomic mass is 9.74. The van der Waals surface area contributed by atoms with Crippen LogP contribution in [0.4, 0.5) is 17.1 Å². The van der Waals surface area contributed by atoms with Gasteiger partial charge in [0.1, 0.15) is 11.2 Å². The van der Waals surface area contributed by atoms with Crippen molar-refractivity contribution in [2.24, 2.45) is 5.92 Å². The van der Waals surface area contributed by atoms with Crippen molar-refractivity contribution in [2.45, 2.75) is 32.1 Å². The molecule has 1 unspecified atom stereocenters. The van der Waals surface area contributed by atoms with Gasteiger partial charge in [-0.3, -0.25) is 0 Å². The second-order valence-electron chi connectivity index (χ2n) is 19.4. The van der Waals surface area contributed by atoms with Gasteiger partial charge in [0.05, 0.1) is 28.1 Å². The molecule has 2 heterocycles. The highest BCUT2D eigenvalue weighted by molar-refractivity contribution is 6.11. The van der Waals surface area contributed by atoms with Gasteiger partial charge < -0.3 is 13.9 Å². The molecule has 2 aliphatic rings. The zero-order valence-electron chi connectivity index (χ0n) is 39.4. The highest BCUT2D eigenvalue weighted by Crippen LogP contribution is 2.48. The first-order valence-corrected chi connectivity index (χ1v) is 25.2. The molecule has 1 atom stereocenters. The molecule has 0 aliphatic heterocycles. The summed E-state index contributed by atoms with van der Waals surface area (Å²) in [7, 11) is 0. The standard InChI is InChI=1S/C68H50N2O/c1-2-19-50-48(18-1)44-61(53-22-4-3-21-52(50)53)57-26-9-13-32-64(57)69(63-31-12-8-25-56(63)59-28-17-29-60-58-27-10-16-35-67(58)71-68(59)60)49-42-40-46(41-43-49)45-36-38-47(39-37-45)51-20-5-11-30-62(51)70-65-33-14-6-23-54(65)55-24-7-15-34-66(55)70/h3-17,20-43,48H,1-2,18-19,44H2. The molecule has 71 heavy (non-hydrogen) atoms. The van der Waals surface area contributed by atoms with E-state index in [2.05, 4.69) is 246 Å². The summed E-state index contributed by atoms with van der Waals surface area (Å²) in [5.74, 6) is 0.570. The van der Waals surface area contributed by atoms with E-state index in [4.69, 9.17) is 4.42 Å². The lowest BCUT2D eigenvalue weighted by molar-refractivity contribution is 0.504. The van der Waals surface area contributed by atoms with E-state index >= 15 is 0 Å².